The zero-order valence-electron chi connectivity index (χ0n) is 9.41. The molecule has 0 N–H and O–H groups in total. The fraction of sp³-hybridized carbons (Fsp3) is 0.846. The second-order valence-corrected chi connectivity index (χ2v) is 4.95. The molecule has 2 aliphatic carbocycles. The van der Waals surface area contributed by atoms with Gasteiger partial charge in [-0.25, -0.2) is 0 Å². The Labute approximate surface area is 92.4 Å². The largest absolute Gasteiger partial charge is 0.205 e. The van der Waals surface area contributed by atoms with Gasteiger partial charge in [-0.05, 0) is 37.5 Å². The van der Waals surface area contributed by atoms with Crippen LogP contribution in [0.5, 0.6) is 0 Å². The molecule has 2 heteroatoms. The molecule has 0 aromatic rings. The highest BCUT2D eigenvalue weighted by atomic mass is 14.8. The highest BCUT2D eigenvalue weighted by Gasteiger charge is 2.28. The van der Waals surface area contributed by atoms with Crippen LogP contribution in [0.2, 0.25) is 0 Å². The number of nitrogens with zero attached hydrogens (tertiary/aromatic N) is 2. The normalized spacial score (nSPS) is 25.4. The average molecular weight is 204 g/mol. The van der Waals surface area contributed by atoms with Crippen molar-refractivity contribution in [1.29, 1.82) is 5.26 Å². The maximum atomic E-state index is 8.79. The van der Waals surface area contributed by atoms with E-state index in [1.165, 1.54) is 63.5 Å². The van der Waals surface area contributed by atoms with Gasteiger partial charge in [0, 0.05) is 5.71 Å². The van der Waals surface area contributed by atoms with Crippen molar-refractivity contribution in [3.63, 3.8) is 0 Å². The Hall–Kier alpha value is -0.840. The molecule has 0 aromatic heterocycles. The van der Waals surface area contributed by atoms with Gasteiger partial charge < -0.3 is 0 Å². The standard InChI is InChI=1S/C13H20N2/c14-10-15-13(12-8-4-5-9-12)11-6-2-1-3-7-11/h11-12H,1-9H2. The summed E-state index contributed by atoms with van der Waals surface area (Å²) in [7, 11) is 0. The number of rotatable bonds is 2. The highest BCUT2D eigenvalue weighted by molar-refractivity contribution is 5.90. The summed E-state index contributed by atoms with van der Waals surface area (Å²) in [6.45, 7) is 0. The molecule has 0 atom stereocenters. The first-order valence-electron chi connectivity index (χ1n) is 6.38. The SMILES string of the molecule is N#CN=C(C1CCCCC1)C1CCCC1. The highest BCUT2D eigenvalue weighted by Crippen LogP contribution is 2.34. The zero-order valence-corrected chi connectivity index (χ0v) is 9.41. The van der Waals surface area contributed by atoms with Crippen LogP contribution in [-0.2, 0) is 0 Å². The summed E-state index contributed by atoms with van der Waals surface area (Å²) in [5.41, 5.74) is 1.26. The number of aliphatic imine (C=N–C) groups is 1. The fourth-order valence-corrected chi connectivity index (χ4v) is 3.19. The van der Waals surface area contributed by atoms with E-state index in [2.05, 4.69) is 4.99 Å². The molecular weight excluding hydrogens is 184 g/mol. The maximum absolute atomic E-state index is 8.79. The van der Waals surface area contributed by atoms with E-state index in [0.717, 1.165) is 0 Å². The smallest absolute Gasteiger partial charge is 0.182 e. The second kappa shape index (κ2) is 5.30. The van der Waals surface area contributed by atoms with Crippen LogP contribution in [-0.4, -0.2) is 5.71 Å². The number of hydrogen-bond donors (Lipinski definition) is 0. The topological polar surface area (TPSA) is 36.1 Å². The molecule has 0 heterocycles. The third-order valence-corrected chi connectivity index (χ3v) is 3.98. The predicted octanol–water partition coefficient (Wildman–Crippen LogP) is 3.68. The van der Waals surface area contributed by atoms with E-state index in [1.807, 2.05) is 6.19 Å². The van der Waals surface area contributed by atoms with E-state index < -0.39 is 0 Å². The Bertz CT molecular complexity index is 263. The van der Waals surface area contributed by atoms with Gasteiger partial charge >= 0.3 is 0 Å². The molecule has 2 rings (SSSR count). The Kier molecular flexibility index (Phi) is 3.77. The molecule has 2 nitrogen and oxygen atoms in total. The first-order valence-corrected chi connectivity index (χ1v) is 6.38. The molecule has 0 aliphatic heterocycles. The molecule has 2 fully saturated rings. The lowest BCUT2D eigenvalue weighted by molar-refractivity contribution is 0.425. The van der Waals surface area contributed by atoms with Gasteiger partial charge in [0.1, 0.15) is 0 Å². The maximum Gasteiger partial charge on any atom is 0.205 e. The Morgan fingerprint density at radius 2 is 1.33 bits per heavy atom. The molecule has 0 aromatic carbocycles. The number of nitriles is 1. The van der Waals surface area contributed by atoms with Crippen LogP contribution < -0.4 is 0 Å². The summed E-state index contributed by atoms with van der Waals surface area (Å²) < 4.78 is 0. The number of hydrogen-bond acceptors (Lipinski definition) is 2. The third-order valence-electron chi connectivity index (χ3n) is 3.98. The van der Waals surface area contributed by atoms with E-state index >= 15 is 0 Å². The Morgan fingerprint density at radius 1 is 0.867 bits per heavy atom. The van der Waals surface area contributed by atoms with Crippen LogP contribution in [0.25, 0.3) is 0 Å². The summed E-state index contributed by atoms with van der Waals surface area (Å²) in [5, 5.41) is 8.79. The van der Waals surface area contributed by atoms with Crippen molar-refractivity contribution in [2.45, 2.75) is 57.8 Å². The van der Waals surface area contributed by atoms with Crippen molar-refractivity contribution in [3.8, 4) is 6.19 Å². The second-order valence-electron chi connectivity index (χ2n) is 4.95. The zero-order chi connectivity index (χ0) is 10.5. The average Bonchev–Trinajstić information content (AvgIpc) is 2.80. The van der Waals surface area contributed by atoms with E-state index in [1.54, 1.807) is 0 Å². The van der Waals surface area contributed by atoms with Crippen LogP contribution in [0.3, 0.4) is 0 Å². The van der Waals surface area contributed by atoms with Gasteiger partial charge in [-0.1, -0.05) is 32.1 Å². The molecule has 2 aliphatic rings. The lowest BCUT2D eigenvalue weighted by Gasteiger charge is -2.25. The third kappa shape index (κ3) is 2.59. The van der Waals surface area contributed by atoms with Gasteiger partial charge in [0.05, 0.1) is 0 Å². The summed E-state index contributed by atoms with van der Waals surface area (Å²) in [5.74, 6) is 1.29. The van der Waals surface area contributed by atoms with Crippen molar-refractivity contribution in [1.82, 2.24) is 0 Å². The first-order chi connectivity index (χ1) is 7.42. The summed E-state index contributed by atoms with van der Waals surface area (Å²) in [4.78, 5) is 4.15. The minimum Gasteiger partial charge on any atom is -0.182 e. The van der Waals surface area contributed by atoms with Crippen LogP contribution in [0.1, 0.15) is 57.8 Å². The Morgan fingerprint density at radius 3 is 1.80 bits per heavy atom. The van der Waals surface area contributed by atoms with Crippen molar-refractivity contribution in [3.05, 3.63) is 0 Å². The fourth-order valence-electron chi connectivity index (χ4n) is 3.19. The van der Waals surface area contributed by atoms with E-state index in [9.17, 15) is 0 Å². The lowest BCUT2D eigenvalue weighted by Crippen LogP contribution is -2.24. The monoisotopic (exact) mass is 204 g/mol. The van der Waals surface area contributed by atoms with Crippen LogP contribution in [0.15, 0.2) is 4.99 Å². The quantitative estimate of drug-likeness (QED) is 0.499. The van der Waals surface area contributed by atoms with Gasteiger partial charge in [-0.15, -0.1) is 0 Å². The molecule has 0 amide bonds. The van der Waals surface area contributed by atoms with Crippen molar-refractivity contribution in [2.75, 3.05) is 0 Å². The van der Waals surface area contributed by atoms with Crippen LogP contribution in [0.4, 0.5) is 0 Å². The van der Waals surface area contributed by atoms with Gasteiger partial charge in [0.15, 0.2) is 0 Å². The Balaban J connectivity index is 2.04. The predicted molar refractivity (Wildman–Crippen MR) is 61.6 cm³/mol. The van der Waals surface area contributed by atoms with E-state index in [-0.39, 0.29) is 0 Å². The molecule has 0 saturated heterocycles. The molecule has 0 spiro atoms. The molecule has 0 bridgehead atoms. The van der Waals surface area contributed by atoms with Crippen molar-refractivity contribution < 1.29 is 0 Å². The van der Waals surface area contributed by atoms with Crippen LogP contribution >= 0.6 is 0 Å². The molecule has 15 heavy (non-hydrogen) atoms. The lowest BCUT2D eigenvalue weighted by atomic mass is 9.80. The van der Waals surface area contributed by atoms with Gasteiger partial charge in [0.2, 0.25) is 6.19 Å². The van der Waals surface area contributed by atoms with Crippen molar-refractivity contribution in [2.24, 2.45) is 16.8 Å². The van der Waals surface area contributed by atoms with E-state index in [4.69, 9.17) is 5.26 Å². The van der Waals surface area contributed by atoms with Gasteiger partial charge in [-0.3, -0.25) is 0 Å². The van der Waals surface area contributed by atoms with E-state index in [0.29, 0.717) is 11.8 Å². The van der Waals surface area contributed by atoms with Gasteiger partial charge in [-0.2, -0.15) is 10.3 Å². The summed E-state index contributed by atoms with van der Waals surface area (Å²) in [6.07, 6.45) is 13.8. The molecule has 0 unspecified atom stereocenters. The van der Waals surface area contributed by atoms with Gasteiger partial charge in [0.25, 0.3) is 0 Å². The minimum absolute atomic E-state index is 0.640. The molecule has 82 valence electrons. The summed E-state index contributed by atoms with van der Waals surface area (Å²) >= 11 is 0. The summed E-state index contributed by atoms with van der Waals surface area (Å²) in [6, 6.07) is 0. The van der Waals surface area contributed by atoms with Crippen molar-refractivity contribution >= 4 is 5.71 Å². The minimum atomic E-state index is 0.640. The molecule has 2 saturated carbocycles. The molecular formula is C13H20N2. The molecule has 0 radical (unpaired) electrons. The first kappa shape index (κ1) is 10.7. The van der Waals surface area contributed by atoms with Crippen LogP contribution in [0, 0.1) is 23.3 Å².